The highest BCUT2D eigenvalue weighted by molar-refractivity contribution is 5.58. The Morgan fingerprint density at radius 2 is 1.95 bits per heavy atom. The molecule has 0 aliphatic heterocycles. The average molecular weight is 270 g/mol. The van der Waals surface area contributed by atoms with Crippen LogP contribution in [0.3, 0.4) is 0 Å². The first-order chi connectivity index (χ1) is 9.71. The van der Waals surface area contributed by atoms with Crippen LogP contribution in [0.15, 0.2) is 30.3 Å². The molecule has 106 valence electrons. The first-order valence-electron chi connectivity index (χ1n) is 7.16. The number of rotatable bonds is 6. The first-order valence-corrected chi connectivity index (χ1v) is 7.16. The summed E-state index contributed by atoms with van der Waals surface area (Å²) in [6.07, 6.45) is 2.08. The van der Waals surface area contributed by atoms with Crippen molar-refractivity contribution in [2.75, 3.05) is 17.2 Å². The van der Waals surface area contributed by atoms with Crippen LogP contribution in [0.2, 0.25) is 0 Å². The maximum Gasteiger partial charge on any atom is 0.224 e. The first kappa shape index (κ1) is 14.3. The number of aryl methyl sites for hydroxylation is 2. The lowest BCUT2D eigenvalue weighted by molar-refractivity contribution is 0.947. The second-order valence-electron chi connectivity index (χ2n) is 4.82. The van der Waals surface area contributed by atoms with E-state index < -0.39 is 0 Å². The van der Waals surface area contributed by atoms with Gasteiger partial charge in [0, 0.05) is 24.0 Å². The van der Waals surface area contributed by atoms with Gasteiger partial charge in [0.2, 0.25) is 5.95 Å². The SMILES string of the molecule is CCCNc1nc(C)cc(Nc2cccc(CC)c2)n1. The van der Waals surface area contributed by atoms with Crippen LogP contribution < -0.4 is 10.6 Å². The molecule has 0 fully saturated rings. The van der Waals surface area contributed by atoms with Crippen molar-refractivity contribution < 1.29 is 0 Å². The van der Waals surface area contributed by atoms with E-state index in [1.807, 2.05) is 13.0 Å². The number of aromatic nitrogens is 2. The second-order valence-corrected chi connectivity index (χ2v) is 4.82. The lowest BCUT2D eigenvalue weighted by Gasteiger charge is -2.10. The normalized spacial score (nSPS) is 10.3. The highest BCUT2D eigenvalue weighted by Crippen LogP contribution is 2.18. The molecule has 0 amide bonds. The van der Waals surface area contributed by atoms with Crippen molar-refractivity contribution in [3.05, 3.63) is 41.6 Å². The number of nitrogens with one attached hydrogen (secondary N) is 2. The van der Waals surface area contributed by atoms with Crippen LogP contribution >= 0.6 is 0 Å². The lowest BCUT2D eigenvalue weighted by Crippen LogP contribution is -2.06. The maximum atomic E-state index is 4.49. The molecule has 4 heteroatoms. The summed E-state index contributed by atoms with van der Waals surface area (Å²) in [6.45, 7) is 7.14. The molecular formula is C16H22N4. The van der Waals surface area contributed by atoms with Gasteiger partial charge in [-0.1, -0.05) is 26.0 Å². The van der Waals surface area contributed by atoms with E-state index >= 15 is 0 Å². The zero-order chi connectivity index (χ0) is 14.4. The molecule has 1 aromatic carbocycles. The standard InChI is InChI=1S/C16H22N4/c1-4-9-17-16-18-12(3)10-15(20-16)19-14-8-6-7-13(5-2)11-14/h6-8,10-11H,4-5,9H2,1-3H3,(H2,17,18,19,20). The summed E-state index contributed by atoms with van der Waals surface area (Å²) < 4.78 is 0. The van der Waals surface area contributed by atoms with Crippen LogP contribution in [0.4, 0.5) is 17.5 Å². The van der Waals surface area contributed by atoms with Gasteiger partial charge in [-0.25, -0.2) is 4.98 Å². The van der Waals surface area contributed by atoms with Gasteiger partial charge < -0.3 is 10.6 Å². The number of hydrogen-bond donors (Lipinski definition) is 2. The minimum atomic E-state index is 0.681. The molecule has 0 aliphatic rings. The monoisotopic (exact) mass is 270 g/mol. The molecule has 0 saturated heterocycles. The molecule has 0 saturated carbocycles. The van der Waals surface area contributed by atoms with E-state index in [4.69, 9.17) is 0 Å². The molecule has 0 atom stereocenters. The van der Waals surface area contributed by atoms with Gasteiger partial charge in [0.05, 0.1) is 0 Å². The van der Waals surface area contributed by atoms with Crippen molar-refractivity contribution in [1.82, 2.24) is 9.97 Å². The van der Waals surface area contributed by atoms with Crippen molar-refractivity contribution >= 4 is 17.5 Å². The van der Waals surface area contributed by atoms with Crippen LogP contribution in [0.1, 0.15) is 31.5 Å². The minimum Gasteiger partial charge on any atom is -0.354 e. The van der Waals surface area contributed by atoms with Crippen LogP contribution in [-0.2, 0) is 6.42 Å². The Balaban J connectivity index is 2.17. The molecule has 0 bridgehead atoms. The number of benzene rings is 1. The van der Waals surface area contributed by atoms with Gasteiger partial charge in [0.1, 0.15) is 5.82 Å². The van der Waals surface area contributed by atoms with Crippen molar-refractivity contribution in [3.8, 4) is 0 Å². The van der Waals surface area contributed by atoms with Crippen LogP contribution in [0.5, 0.6) is 0 Å². The average Bonchev–Trinajstić information content (AvgIpc) is 2.44. The fraction of sp³-hybridized carbons (Fsp3) is 0.375. The molecule has 4 nitrogen and oxygen atoms in total. The van der Waals surface area contributed by atoms with Gasteiger partial charge in [0.15, 0.2) is 0 Å². The summed E-state index contributed by atoms with van der Waals surface area (Å²) in [4.78, 5) is 8.87. The predicted octanol–water partition coefficient (Wildman–Crippen LogP) is 3.91. The molecule has 2 rings (SSSR count). The molecule has 0 spiro atoms. The summed E-state index contributed by atoms with van der Waals surface area (Å²) in [5.74, 6) is 1.50. The minimum absolute atomic E-state index is 0.681. The molecule has 1 aromatic heterocycles. The van der Waals surface area contributed by atoms with E-state index in [1.165, 1.54) is 5.56 Å². The van der Waals surface area contributed by atoms with Gasteiger partial charge in [0.25, 0.3) is 0 Å². The molecule has 20 heavy (non-hydrogen) atoms. The van der Waals surface area contributed by atoms with Crippen molar-refractivity contribution in [1.29, 1.82) is 0 Å². The predicted molar refractivity (Wildman–Crippen MR) is 84.7 cm³/mol. The Kier molecular flexibility index (Phi) is 4.93. The fourth-order valence-electron chi connectivity index (χ4n) is 1.97. The Hall–Kier alpha value is -2.10. The highest BCUT2D eigenvalue weighted by Gasteiger charge is 2.02. The Morgan fingerprint density at radius 3 is 2.70 bits per heavy atom. The molecular weight excluding hydrogens is 248 g/mol. The molecule has 0 radical (unpaired) electrons. The molecule has 2 N–H and O–H groups in total. The van der Waals surface area contributed by atoms with Gasteiger partial charge >= 0.3 is 0 Å². The third-order valence-corrected chi connectivity index (χ3v) is 2.99. The number of hydrogen-bond acceptors (Lipinski definition) is 4. The van der Waals surface area contributed by atoms with Gasteiger partial charge in [-0.2, -0.15) is 4.98 Å². The molecule has 2 aromatic rings. The topological polar surface area (TPSA) is 49.8 Å². The van der Waals surface area contributed by atoms with E-state index in [-0.39, 0.29) is 0 Å². The summed E-state index contributed by atoms with van der Waals surface area (Å²) >= 11 is 0. The molecule has 0 aliphatic carbocycles. The third kappa shape index (κ3) is 3.95. The number of nitrogens with zero attached hydrogens (tertiary/aromatic N) is 2. The summed E-state index contributed by atoms with van der Waals surface area (Å²) in [5, 5.41) is 6.57. The zero-order valence-electron chi connectivity index (χ0n) is 12.4. The van der Waals surface area contributed by atoms with E-state index in [0.717, 1.165) is 36.6 Å². The Morgan fingerprint density at radius 1 is 1.10 bits per heavy atom. The second kappa shape index (κ2) is 6.89. The third-order valence-electron chi connectivity index (χ3n) is 2.99. The summed E-state index contributed by atoms with van der Waals surface area (Å²) in [6, 6.07) is 10.3. The van der Waals surface area contributed by atoms with Crippen LogP contribution in [0.25, 0.3) is 0 Å². The Bertz CT molecular complexity index is 566. The van der Waals surface area contributed by atoms with Crippen LogP contribution in [0, 0.1) is 6.92 Å². The van der Waals surface area contributed by atoms with Gasteiger partial charge in [-0.15, -0.1) is 0 Å². The van der Waals surface area contributed by atoms with Gasteiger partial charge in [-0.3, -0.25) is 0 Å². The molecule has 0 unspecified atom stereocenters. The lowest BCUT2D eigenvalue weighted by atomic mass is 10.1. The van der Waals surface area contributed by atoms with E-state index in [1.54, 1.807) is 0 Å². The largest absolute Gasteiger partial charge is 0.354 e. The highest BCUT2D eigenvalue weighted by atomic mass is 15.1. The van der Waals surface area contributed by atoms with E-state index in [2.05, 4.69) is 58.7 Å². The van der Waals surface area contributed by atoms with Crippen molar-refractivity contribution in [2.24, 2.45) is 0 Å². The van der Waals surface area contributed by atoms with E-state index in [0.29, 0.717) is 5.95 Å². The smallest absolute Gasteiger partial charge is 0.224 e. The van der Waals surface area contributed by atoms with E-state index in [9.17, 15) is 0 Å². The maximum absolute atomic E-state index is 4.49. The number of anilines is 3. The Labute approximate surface area is 120 Å². The summed E-state index contributed by atoms with van der Waals surface area (Å²) in [7, 11) is 0. The molecule has 1 heterocycles. The van der Waals surface area contributed by atoms with Gasteiger partial charge in [-0.05, 0) is 37.5 Å². The van der Waals surface area contributed by atoms with Crippen LogP contribution in [-0.4, -0.2) is 16.5 Å². The fourth-order valence-corrected chi connectivity index (χ4v) is 1.97. The zero-order valence-corrected chi connectivity index (χ0v) is 12.4. The van der Waals surface area contributed by atoms with Crippen molar-refractivity contribution in [3.63, 3.8) is 0 Å². The quantitative estimate of drug-likeness (QED) is 0.835. The van der Waals surface area contributed by atoms with Crippen molar-refractivity contribution in [2.45, 2.75) is 33.6 Å². The summed E-state index contributed by atoms with van der Waals surface area (Å²) in [5.41, 5.74) is 3.32.